The quantitative estimate of drug-likeness (QED) is 0.774. The van der Waals surface area contributed by atoms with Gasteiger partial charge in [0.1, 0.15) is 11.6 Å². The number of aryl methyl sites for hydroxylation is 2. The van der Waals surface area contributed by atoms with E-state index in [4.69, 9.17) is 0 Å². The average Bonchev–Trinajstić information content (AvgIpc) is 2.80. The van der Waals surface area contributed by atoms with Crippen LogP contribution in [0.2, 0.25) is 0 Å². The fraction of sp³-hybridized carbons (Fsp3) is 0.857. The molecular formula is C14H24FN3. The van der Waals surface area contributed by atoms with Gasteiger partial charge in [0.25, 0.3) is 0 Å². The first-order valence-corrected chi connectivity index (χ1v) is 7.32. The Morgan fingerprint density at radius 1 is 1.11 bits per heavy atom. The number of hydrogen-bond donors (Lipinski definition) is 0. The Hall–Kier alpha value is -0.930. The van der Waals surface area contributed by atoms with Gasteiger partial charge in [-0.3, -0.25) is 4.57 Å². The molecule has 0 spiro atoms. The smallest absolute Gasteiger partial charge is 0.168 e. The molecule has 0 atom stereocenters. The fourth-order valence-corrected chi connectivity index (χ4v) is 2.91. The predicted molar refractivity (Wildman–Crippen MR) is 70.0 cm³/mol. The number of hydrogen-bond acceptors (Lipinski definition) is 2. The van der Waals surface area contributed by atoms with Crippen molar-refractivity contribution < 1.29 is 4.39 Å². The van der Waals surface area contributed by atoms with E-state index in [1.165, 1.54) is 32.1 Å². The van der Waals surface area contributed by atoms with Crippen molar-refractivity contribution in [2.45, 2.75) is 71.5 Å². The first-order valence-electron chi connectivity index (χ1n) is 7.32. The number of alkyl halides is 1. The van der Waals surface area contributed by atoms with Crippen LogP contribution in [0.1, 0.15) is 63.5 Å². The average molecular weight is 253 g/mol. The summed E-state index contributed by atoms with van der Waals surface area (Å²) in [4.78, 5) is 0. The zero-order valence-electron chi connectivity index (χ0n) is 11.4. The molecule has 1 aromatic rings. The van der Waals surface area contributed by atoms with Gasteiger partial charge in [-0.05, 0) is 18.8 Å². The second kappa shape index (κ2) is 6.86. The number of aromatic nitrogens is 3. The van der Waals surface area contributed by atoms with Gasteiger partial charge in [0.2, 0.25) is 0 Å². The second-order valence-corrected chi connectivity index (χ2v) is 5.37. The summed E-state index contributed by atoms with van der Waals surface area (Å²) in [7, 11) is 0. The van der Waals surface area contributed by atoms with Crippen LogP contribution >= 0.6 is 0 Å². The molecule has 1 aromatic heterocycles. The Morgan fingerprint density at radius 3 is 2.39 bits per heavy atom. The number of rotatable bonds is 6. The summed E-state index contributed by atoms with van der Waals surface area (Å²) in [6.45, 7) is 1.60. The lowest BCUT2D eigenvalue weighted by atomic mass is 9.86. The molecule has 0 radical (unpaired) electrons. The molecule has 0 amide bonds. The molecule has 3 nitrogen and oxygen atoms in total. The summed E-state index contributed by atoms with van der Waals surface area (Å²) >= 11 is 0. The summed E-state index contributed by atoms with van der Waals surface area (Å²) in [5, 5.41) is 8.28. The Labute approximate surface area is 109 Å². The van der Waals surface area contributed by atoms with E-state index in [1.54, 1.807) is 4.57 Å². The zero-order chi connectivity index (χ0) is 12.8. The predicted octanol–water partition coefficient (Wildman–Crippen LogP) is 3.67. The molecular weight excluding hydrogens is 229 g/mol. The standard InChI is InChI=1S/C14H24FN3/c1-2-6-13-16-17-14(18(13)11-15)10-9-12-7-4-3-5-8-12/h12H,2-11H2,1H3. The lowest BCUT2D eigenvalue weighted by Crippen LogP contribution is -2.10. The third-order valence-corrected chi connectivity index (χ3v) is 4.00. The summed E-state index contributed by atoms with van der Waals surface area (Å²) in [6.07, 6.45) is 10.6. The van der Waals surface area contributed by atoms with Gasteiger partial charge in [-0.25, -0.2) is 4.39 Å². The molecule has 102 valence electrons. The van der Waals surface area contributed by atoms with Gasteiger partial charge < -0.3 is 0 Å². The van der Waals surface area contributed by atoms with Crippen LogP contribution in [-0.4, -0.2) is 14.8 Å². The lowest BCUT2D eigenvalue weighted by molar-refractivity contribution is 0.325. The number of halogens is 1. The van der Waals surface area contributed by atoms with Gasteiger partial charge in [-0.2, -0.15) is 0 Å². The van der Waals surface area contributed by atoms with E-state index >= 15 is 0 Å². The highest BCUT2D eigenvalue weighted by atomic mass is 19.1. The van der Waals surface area contributed by atoms with Gasteiger partial charge in [0, 0.05) is 12.8 Å². The summed E-state index contributed by atoms with van der Waals surface area (Å²) in [5.74, 6) is 2.46. The van der Waals surface area contributed by atoms with Crippen molar-refractivity contribution in [1.29, 1.82) is 0 Å². The molecule has 0 aliphatic heterocycles. The van der Waals surface area contributed by atoms with Gasteiger partial charge in [-0.1, -0.05) is 39.0 Å². The van der Waals surface area contributed by atoms with E-state index in [1.807, 2.05) is 0 Å². The maximum absolute atomic E-state index is 13.1. The molecule has 0 unspecified atom stereocenters. The topological polar surface area (TPSA) is 30.7 Å². The maximum atomic E-state index is 13.1. The van der Waals surface area contributed by atoms with Crippen molar-refractivity contribution >= 4 is 0 Å². The van der Waals surface area contributed by atoms with Gasteiger partial charge in [-0.15, -0.1) is 10.2 Å². The maximum Gasteiger partial charge on any atom is 0.168 e. The lowest BCUT2D eigenvalue weighted by Gasteiger charge is -2.21. The highest BCUT2D eigenvalue weighted by molar-refractivity contribution is 4.96. The molecule has 2 rings (SSSR count). The highest BCUT2D eigenvalue weighted by Crippen LogP contribution is 2.27. The Bertz CT molecular complexity index is 356. The molecule has 1 aliphatic carbocycles. The Morgan fingerprint density at radius 2 is 1.78 bits per heavy atom. The third-order valence-electron chi connectivity index (χ3n) is 4.00. The molecule has 0 aromatic carbocycles. The molecule has 1 fully saturated rings. The van der Waals surface area contributed by atoms with Crippen molar-refractivity contribution in [2.24, 2.45) is 5.92 Å². The molecule has 0 saturated heterocycles. The summed E-state index contributed by atoms with van der Waals surface area (Å²) in [5.41, 5.74) is 0. The van der Waals surface area contributed by atoms with E-state index in [-0.39, 0.29) is 0 Å². The van der Waals surface area contributed by atoms with Gasteiger partial charge in [0.15, 0.2) is 6.80 Å². The normalized spacial score (nSPS) is 17.2. The van der Waals surface area contributed by atoms with Crippen LogP contribution < -0.4 is 0 Å². The summed E-state index contributed by atoms with van der Waals surface area (Å²) in [6, 6.07) is 0. The van der Waals surface area contributed by atoms with Crippen molar-refractivity contribution in [3.63, 3.8) is 0 Å². The minimum Gasteiger partial charge on any atom is -0.286 e. The van der Waals surface area contributed by atoms with Crippen LogP contribution in [-0.2, 0) is 19.6 Å². The highest BCUT2D eigenvalue weighted by Gasteiger charge is 2.16. The number of nitrogens with zero attached hydrogens (tertiary/aromatic N) is 3. The van der Waals surface area contributed by atoms with Crippen LogP contribution in [0, 0.1) is 5.92 Å². The van der Waals surface area contributed by atoms with E-state index in [9.17, 15) is 4.39 Å². The molecule has 1 aliphatic rings. The molecule has 1 saturated carbocycles. The summed E-state index contributed by atoms with van der Waals surface area (Å²) < 4.78 is 14.7. The Kier molecular flexibility index (Phi) is 5.14. The monoisotopic (exact) mass is 253 g/mol. The van der Waals surface area contributed by atoms with Crippen molar-refractivity contribution in [2.75, 3.05) is 0 Å². The Balaban J connectivity index is 1.91. The molecule has 0 bridgehead atoms. The minimum absolute atomic E-state index is 0.484. The third kappa shape index (κ3) is 3.30. The molecule has 4 heteroatoms. The second-order valence-electron chi connectivity index (χ2n) is 5.37. The van der Waals surface area contributed by atoms with Crippen molar-refractivity contribution in [1.82, 2.24) is 14.8 Å². The van der Waals surface area contributed by atoms with Gasteiger partial charge in [0.05, 0.1) is 0 Å². The minimum atomic E-state index is -0.484. The van der Waals surface area contributed by atoms with E-state index in [0.29, 0.717) is 0 Å². The molecule has 18 heavy (non-hydrogen) atoms. The first-order chi connectivity index (χ1) is 8.85. The van der Waals surface area contributed by atoms with Crippen molar-refractivity contribution in [3.05, 3.63) is 11.6 Å². The van der Waals surface area contributed by atoms with Crippen LogP contribution in [0.5, 0.6) is 0 Å². The zero-order valence-corrected chi connectivity index (χ0v) is 11.4. The van der Waals surface area contributed by atoms with Gasteiger partial charge >= 0.3 is 0 Å². The van der Waals surface area contributed by atoms with E-state index in [2.05, 4.69) is 17.1 Å². The van der Waals surface area contributed by atoms with E-state index in [0.717, 1.165) is 43.3 Å². The van der Waals surface area contributed by atoms with E-state index < -0.39 is 6.80 Å². The van der Waals surface area contributed by atoms with Crippen LogP contribution in [0.15, 0.2) is 0 Å². The first kappa shape index (κ1) is 13.5. The molecule has 1 heterocycles. The van der Waals surface area contributed by atoms with Crippen LogP contribution in [0.3, 0.4) is 0 Å². The molecule has 0 N–H and O–H groups in total. The fourth-order valence-electron chi connectivity index (χ4n) is 2.91. The van der Waals surface area contributed by atoms with Crippen LogP contribution in [0.4, 0.5) is 4.39 Å². The van der Waals surface area contributed by atoms with Crippen LogP contribution in [0.25, 0.3) is 0 Å². The largest absolute Gasteiger partial charge is 0.286 e. The SMILES string of the molecule is CCCc1nnc(CCC2CCCCC2)n1CF. The van der Waals surface area contributed by atoms with Crippen molar-refractivity contribution in [3.8, 4) is 0 Å².